The number of hydrogen-bond donors (Lipinski definition) is 1. The number of carbonyl (C=O) groups is 1. The van der Waals surface area contributed by atoms with Crippen molar-refractivity contribution in [3.63, 3.8) is 0 Å². The third-order valence-electron chi connectivity index (χ3n) is 2.32. The van der Waals surface area contributed by atoms with Gasteiger partial charge in [0.05, 0.1) is 19.2 Å². The minimum absolute atomic E-state index is 0.0784. The monoisotopic (exact) mass is 210 g/mol. The van der Waals surface area contributed by atoms with E-state index in [-0.39, 0.29) is 12.1 Å². The second kappa shape index (κ2) is 6.31. The SMILES string of the molecule is C#CCN(CCC)C(=O)NC1CCOC1. The second-order valence-corrected chi connectivity index (χ2v) is 3.64. The van der Waals surface area contributed by atoms with Gasteiger partial charge in [0.15, 0.2) is 0 Å². The molecule has 1 saturated heterocycles. The summed E-state index contributed by atoms with van der Waals surface area (Å²) in [5.41, 5.74) is 0. The van der Waals surface area contributed by atoms with Gasteiger partial charge in [-0.1, -0.05) is 12.8 Å². The first kappa shape index (κ1) is 11.9. The largest absolute Gasteiger partial charge is 0.379 e. The summed E-state index contributed by atoms with van der Waals surface area (Å²) in [6.07, 6.45) is 7.01. The molecule has 84 valence electrons. The van der Waals surface area contributed by atoms with E-state index in [1.165, 1.54) is 0 Å². The molecular formula is C11H18N2O2. The summed E-state index contributed by atoms with van der Waals surface area (Å²) in [4.78, 5) is 13.4. The van der Waals surface area contributed by atoms with Crippen molar-refractivity contribution in [1.82, 2.24) is 10.2 Å². The molecule has 1 N–H and O–H groups in total. The standard InChI is InChI=1S/C11H18N2O2/c1-3-6-13(7-4-2)11(14)12-10-5-8-15-9-10/h1,10H,4-9H2,2H3,(H,12,14). The van der Waals surface area contributed by atoms with Crippen molar-refractivity contribution in [2.75, 3.05) is 26.3 Å². The summed E-state index contributed by atoms with van der Waals surface area (Å²) in [5, 5.41) is 2.92. The number of terminal acetylenes is 1. The average Bonchev–Trinajstić information content (AvgIpc) is 2.70. The van der Waals surface area contributed by atoms with Crippen molar-refractivity contribution >= 4 is 6.03 Å². The highest BCUT2D eigenvalue weighted by atomic mass is 16.5. The molecule has 0 aromatic rings. The van der Waals surface area contributed by atoms with Gasteiger partial charge in [-0.05, 0) is 12.8 Å². The van der Waals surface area contributed by atoms with E-state index in [2.05, 4.69) is 11.2 Å². The van der Waals surface area contributed by atoms with Gasteiger partial charge in [0, 0.05) is 13.2 Å². The highest BCUT2D eigenvalue weighted by molar-refractivity contribution is 5.74. The van der Waals surface area contributed by atoms with E-state index in [4.69, 9.17) is 11.2 Å². The third-order valence-corrected chi connectivity index (χ3v) is 2.32. The molecule has 0 aliphatic carbocycles. The zero-order valence-corrected chi connectivity index (χ0v) is 9.16. The lowest BCUT2D eigenvalue weighted by atomic mass is 10.3. The van der Waals surface area contributed by atoms with E-state index in [0.717, 1.165) is 19.4 Å². The van der Waals surface area contributed by atoms with Gasteiger partial charge in [-0.3, -0.25) is 0 Å². The Kier molecular flexibility index (Phi) is 4.99. The number of carbonyl (C=O) groups excluding carboxylic acids is 1. The van der Waals surface area contributed by atoms with E-state index >= 15 is 0 Å². The molecule has 1 fully saturated rings. The topological polar surface area (TPSA) is 41.6 Å². The van der Waals surface area contributed by atoms with Crippen LogP contribution < -0.4 is 5.32 Å². The number of ether oxygens (including phenoxy) is 1. The fraction of sp³-hybridized carbons (Fsp3) is 0.727. The minimum atomic E-state index is -0.0784. The van der Waals surface area contributed by atoms with Crippen LogP contribution in [-0.2, 0) is 4.74 Å². The lowest BCUT2D eigenvalue weighted by Gasteiger charge is -2.22. The predicted molar refractivity (Wildman–Crippen MR) is 58.5 cm³/mol. The molecule has 15 heavy (non-hydrogen) atoms. The van der Waals surface area contributed by atoms with Gasteiger partial charge in [-0.2, -0.15) is 0 Å². The van der Waals surface area contributed by atoms with Gasteiger partial charge in [-0.25, -0.2) is 4.79 Å². The van der Waals surface area contributed by atoms with Crippen LogP contribution in [0.1, 0.15) is 19.8 Å². The van der Waals surface area contributed by atoms with Crippen LogP contribution >= 0.6 is 0 Å². The molecule has 0 saturated carbocycles. The molecule has 0 radical (unpaired) electrons. The molecule has 1 rings (SSSR count). The predicted octanol–water partition coefficient (Wildman–Crippen LogP) is 0.830. The molecular weight excluding hydrogens is 192 g/mol. The molecule has 0 aromatic carbocycles. The van der Waals surface area contributed by atoms with Crippen molar-refractivity contribution in [3.8, 4) is 12.3 Å². The molecule has 1 heterocycles. The van der Waals surface area contributed by atoms with Gasteiger partial charge < -0.3 is 15.0 Å². The molecule has 1 unspecified atom stereocenters. The molecule has 2 amide bonds. The van der Waals surface area contributed by atoms with Gasteiger partial charge in [0.25, 0.3) is 0 Å². The van der Waals surface area contributed by atoms with Gasteiger partial charge in [0.2, 0.25) is 0 Å². The Labute approximate surface area is 91.0 Å². The molecule has 1 atom stereocenters. The first-order valence-corrected chi connectivity index (χ1v) is 5.34. The minimum Gasteiger partial charge on any atom is -0.379 e. The number of hydrogen-bond acceptors (Lipinski definition) is 2. The maximum atomic E-state index is 11.7. The lowest BCUT2D eigenvalue weighted by Crippen LogP contribution is -2.45. The number of amides is 2. The summed E-state index contributed by atoms with van der Waals surface area (Å²) in [6, 6.07) is 0.0694. The van der Waals surface area contributed by atoms with E-state index in [1.54, 1.807) is 4.90 Å². The highest BCUT2D eigenvalue weighted by Gasteiger charge is 2.20. The number of rotatable bonds is 4. The van der Waals surface area contributed by atoms with Gasteiger partial charge >= 0.3 is 6.03 Å². The molecule has 4 nitrogen and oxygen atoms in total. The van der Waals surface area contributed by atoms with Crippen LogP contribution in [-0.4, -0.2) is 43.3 Å². The number of nitrogens with zero attached hydrogens (tertiary/aromatic N) is 1. The third kappa shape index (κ3) is 3.80. The Morgan fingerprint density at radius 2 is 2.53 bits per heavy atom. The smallest absolute Gasteiger partial charge is 0.318 e. The molecule has 0 aromatic heterocycles. The van der Waals surface area contributed by atoms with Crippen molar-refractivity contribution in [3.05, 3.63) is 0 Å². The summed E-state index contributed by atoms with van der Waals surface area (Å²) in [6.45, 7) is 4.43. The van der Waals surface area contributed by atoms with E-state index in [0.29, 0.717) is 19.7 Å². The van der Waals surface area contributed by atoms with Crippen LogP contribution in [0.25, 0.3) is 0 Å². The van der Waals surface area contributed by atoms with Crippen molar-refractivity contribution in [1.29, 1.82) is 0 Å². The Balaban J connectivity index is 2.37. The zero-order valence-electron chi connectivity index (χ0n) is 9.16. The molecule has 0 bridgehead atoms. The summed E-state index contributed by atoms with van der Waals surface area (Å²) in [7, 11) is 0. The quantitative estimate of drug-likeness (QED) is 0.698. The first-order chi connectivity index (χ1) is 7.27. The van der Waals surface area contributed by atoms with Crippen LogP contribution in [0.5, 0.6) is 0 Å². The second-order valence-electron chi connectivity index (χ2n) is 3.64. The summed E-state index contributed by atoms with van der Waals surface area (Å²) >= 11 is 0. The van der Waals surface area contributed by atoms with E-state index in [1.807, 2.05) is 6.92 Å². The fourth-order valence-electron chi connectivity index (χ4n) is 1.55. The fourth-order valence-corrected chi connectivity index (χ4v) is 1.55. The maximum absolute atomic E-state index is 11.7. The van der Waals surface area contributed by atoms with Gasteiger partial charge in [0.1, 0.15) is 0 Å². The Bertz CT molecular complexity index is 241. The molecule has 1 aliphatic heterocycles. The van der Waals surface area contributed by atoms with E-state index < -0.39 is 0 Å². The Morgan fingerprint density at radius 1 is 1.73 bits per heavy atom. The Morgan fingerprint density at radius 3 is 3.07 bits per heavy atom. The number of urea groups is 1. The van der Waals surface area contributed by atoms with E-state index in [9.17, 15) is 4.79 Å². The molecule has 1 aliphatic rings. The van der Waals surface area contributed by atoms with Crippen LogP contribution in [0.4, 0.5) is 4.79 Å². The van der Waals surface area contributed by atoms with Crippen molar-refractivity contribution < 1.29 is 9.53 Å². The normalized spacial score (nSPS) is 19.6. The average molecular weight is 210 g/mol. The van der Waals surface area contributed by atoms with Crippen molar-refractivity contribution in [2.45, 2.75) is 25.8 Å². The molecule has 4 heteroatoms. The first-order valence-electron chi connectivity index (χ1n) is 5.34. The van der Waals surface area contributed by atoms with Crippen LogP contribution in [0.15, 0.2) is 0 Å². The van der Waals surface area contributed by atoms with Crippen LogP contribution in [0.2, 0.25) is 0 Å². The van der Waals surface area contributed by atoms with Gasteiger partial charge in [-0.15, -0.1) is 6.42 Å². The summed E-state index contributed by atoms with van der Waals surface area (Å²) < 4.78 is 5.18. The molecule has 0 spiro atoms. The van der Waals surface area contributed by atoms with Crippen LogP contribution in [0.3, 0.4) is 0 Å². The van der Waals surface area contributed by atoms with Crippen LogP contribution in [0, 0.1) is 12.3 Å². The van der Waals surface area contributed by atoms with Crippen molar-refractivity contribution in [2.24, 2.45) is 0 Å². The zero-order chi connectivity index (χ0) is 11.1. The lowest BCUT2D eigenvalue weighted by molar-refractivity contribution is 0.180. The highest BCUT2D eigenvalue weighted by Crippen LogP contribution is 2.04. The Hall–Kier alpha value is -1.21. The maximum Gasteiger partial charge on any atom is 0.318 e. The number of nitrogens with one attached hydrogen (secondary N) is 1. The summed E-state index contributed by atoms with van der Waals surface area (Å²) in [5.74, 6) is 2.49.